The first-order valence-corrected chi connectivity index (χ1v) is 7.65. The van der Waals surface area contributed by atoms with Crippen molar-refractivity contribution >= 4 is 27.5 Å². The van der Waals surface area contributed by atoms with Crippen LogP contribution in [0.4, 0.5) is 5.69 Å². The van der Waals surface area contributed by atoms with E-state index < -0.39 is 0 Å². The van der Waals surface area contributed by atoms with Crippen LogP contribution in [0, 0.1) is 0 Å². The molecule has 2 aromatic carbocycles. The summed E-state index contributed by atoms with van der Waals surface area (Å²) >= 11 is 3.37. The summed E-state index contributed by atoms with van der Waals surface area (Å²) in [6.45, 7) is 1.09. The van der Waals surface area contributed by atoms with E-state index in [2.05, 4.69) is 26.6 Å². The molecule has 2 N–H and O–H groups in total. The number of carbonyl (C=O) groups excluding carboxylic acids is 1. The molecule has 1 aliphatic rings. The van der Waals surface area contributed by atoms with E-state index in [9.17, 15) is 4.79 Å². The van der Waals surface area contributed by atoms with Gasteiger partial charge in [0.25, 0.3) is 0 Å². The molecule has 6 heteroatoms. The molecule has 0 radical (unpaired) electrons. The first-order chi connectivity index (χ1) is 10.7. The second-order valence-corrected chi connectivity index (χ2v) is 5.77. The predicted octanol–water partition coefficient (Wildman–Crippen LogP) is 2.91. The molecule has 2 aromatic rings. The first kappa shape index (κ1) is 14.9. The van der Waals surface area contributed by atoms with Gasteiger partial charge in [-0.25, -0.2) is 0 Å². The zero-order chi connectivity index (χ0) is 15.4. The summed E-state index contributed by atoms with van der Waals surface area (Å²) in [7, 11) is 0. The molecule has 0 atom stereocenters. The number of rotatable bonds is 5. The van der Waals surface area contributed by atoms with Crippen LogP contribution in [0.3, 0.4) is 0 Å². The third-order valence-electron chi connectivity index (χ3n) is 3.16. The van der Waals surface area contributed by atoms with E-state index >= 15 is 0 Å². The fourth-order valence-corrected chi connectivity index (χ4v) is 2.54. The number of amides is 1. The summed E-state index contributed by atoms with van der Waals surface area (Å²) in [6.07, 6.45) is 0. The number of carbonyl (C=O) groups is 1. The smallest absolute Gasteiger partial charge is 0.238 e. The van der Waals surface area contributed by atoms with E-state index in [0.29, 0.717) is 6.54 Å². The highest BCUT2D eigenvalue weighted by Crippen LogP contribution is 2.32. The molecular formula is C16H15BrN2O3. The molecule has 0 fully saturated rings. The largest absolute Gasteiger partial charge is 0.454 e. The van der Waals surface area contributed by atoms with Gasteiger partial charge in [0.15, 0.2) is 11.5 Å². The molecule has 22 heavy (non-hydrogen) atoms. The normalized spacial score (nSPS) is 12.2. The fraction of sp³-hybridized carbons (Fsp3) is 0.188. The number of anilines is 1. The zero-order valence-corrected chi connectivity index (χ0v) is 13.4. The summed E-state index contributed by atoms with van der Waals surface area (Å²) in [5, 5.41) is 5.94. The Morgan fingerprint density at radius 3 is 2.86 bits per heavy atom. The lowest BCUT2D eigenvalue weighted by Gasteiger charge is -2.07. The highest BCUT2D eigenvalue weighted by Gasteiger charge is 2.13. The average molecular weight is 363 g/mol. The van der Waals surface area contributed by atoms with E-state index in [4.69, 9.17) is 9.47 Å². The lowest BCUT2D eigenvalue weighted by Crippen LogP contribution is -2.27. The summed E-state index contributed by atoms with van der Waals surface area (Å²) in [6, 6.07) is 13.2. The van der Waals surface area contributed by atoms with Crippen LogP contribution in [-0.4, -0.2) is 19.2 Å². The molecule has 114 valence electrons. The maximum Gasteiger partial charge on any atom is 0.238 e. The van der Waals surface area contributed by atoms with Gasteiger partial charge in [-0.15, -0.1) is 0 Å². The lowest BCUT2D eigenvalue weighted by atomic mass is 10.2. The molecule has 1 heterocycles. The Kier molecular flexibility index (Phi) is 4.60. The summed E-state index contributed by atoms with van der Waals surface area (Å²) < 4.78 is 11.5. The molecule has 0 aliphatic carbocycles. The molecule has 1 amide bonds. The fourth-order valence-electron chi connectivity index (χ4n) is 2.14. The van der Waals surface area contributed by atoms with Crippen molar-refractivity contribution in [3.8, 4) is 11.5 Å². The van der Waals surface area contributed by atoms with Gasteiger partial charge in [0, 0.05) is 16.7 Å². The Morgan fingerprint density at radius 1 is 1.14 bits per heavy atom. The zero-order valence-electron chi connectivity index (χ0n) is 11.8. The van der Waals surface area contributed by atoms with Gasteiger partial charge in [-0.2, -0.15) is 0 Å². The Morgan fingerprint density at radius 2 is 2.00 bits per heavy atom. The topological polar surface area (TPSA) is 59.6 Å². The molecule has 0 aromatic heterocycles. The Labute approximate surface area is 136 Å². The SMILES string of the molecule is O=C(CNCc1ccc2c(c1)OCO2)Nc1cccc(Br)c1. The van der Waals surface area contributed by atoms with Crippen molar-refractivity contribution in [3.05, 3.63) is 52.5 Å². The number of ether oxygens (including phenoxy) is 2. The number of nitrogens with one attached hydrogen (secondary N) is 2. The van der Waals surface area contributed by atoms with Crippen LogP contribution in [0.5, 0.6) is 11.5 Å². The number of hydrogen-bond donors (Lipinski definition) is 2. The quantitative estimate of drug-likeness (QED) is 0.858. The van der Waals surface area contributed by atoms with Crippen molar-refractivity contribution in [2.24, 2.45) is 0 Å². The maximum atomic E-state index is 11.9. The van der Waals surface area contributed by atoms with Crippen molar-refractivity contribution in [2.45, 2.75) is 6.54 Å². The predicted molar refractivity (Wildman–Crippen MR) is 87.0 cm³/mol. The van der Waals surface area contributed by atoms with Gasteiger partial charge >= 0.3 is 0 Å². The van der Waals surface area contributed by atoms with Gasteiger partial charge in [0.1, 0.15) is 0 Å². The van der Waals surface area contributed by atoms with Crippen molar-refractivity contribution in [2.75, 3.05) is 18.7 Å². The minimum absolute atomic E-state index is 0.0844. The van der Waals surface area contributed by atoms with Crippen LogP contribution in [0.25, 0.3) is 0 Å². The van der Waals surface area contributed by atoms with E-state index in [-0.39, 0.29) is 19.2 Å². The van der Waals surface area contributed by atoms with Crippen LogP contribution in [0.2, 0.25) is 0 Å². The van der Waals surface area contributed by atoms with E-state index in [1.165, 1.54) is 0 Å². The molecule has 3 rings (SSSR count). The highest BCUT2D eigenvalue weighted by atomic mass is 79.9. The van der Waals surface area contributed by atoms with E-state index in [1.54, 1.807) is 0 Å². The molecule has 1 aliphatic heterocycles. The summed E-state index contributed by atoms with van der Waals surface area (Å²) in [5.41, 5.74) is 1.81. The average Bonchev–Trinajstić information content (AvgIpc) is 2.95. The molecule has 0 unspecified atom stereocenters. The first-order valence-electron chi connectivity index (χ1n) is 6.85. The second-order valence-electron chi connectivity index (χ2n) is 4.85. The van der Waals surface area contributed by atoms with E-state index in [0.717, 1.165) is 27.2 Å². The number of benzene rings is 2. The van der Waals surface area contributed by atoms with Crippen molar-refractivity contribution < 1.29 is 14.3 Å². The minimum Gasteiger partial charge on any atom is -0.454 e. The number of halogens is 1. The third-order valence-corrected chi connectivity index (χ3v) is 3.65. The minimum atomic E-state index is -0.0844. The van der Waals surface area contributed by atoms with Crippen molar-refractivity contribution in [1.29, 1.82) is 0 Å². The summed E-state index contributed by atoms with van der Waals surface area (Å²) in [5.74, 6) is 1.42. The lowest BCUT2D eigenvalue weighted by molar-refractivity contribution is -0.115. The Hall–Kier alpha value is -2.05. The van der Waals surface area contributed by atoms with Gasteiger partial charge in [-0.05, 0) is 35.9 Å². The number of fused-ring (bicyclic) bond motifs is 1. The van der Waals surface area contributed by atoms with Crippen molar-refractivity contribution in [3.63, 3.8) is 0 Å². The molecule has 0 spiro atoms. The maximum absolute atomic E-state index is 11.9. The van der Waals surface area contributed by atoms with E-state index in [1.807, 2.05) is 42.5 Å². The monoisotopic (exact) mass is 362 g/mol. The van der Waals surface area contributed by atoms with Gasteiger partial charge in [0.05, 0.1) is 6.54 Å². The van der Waals surface area contributed by atoms with Crippen LogP contribution in [0.1, 0.15) is 5.56 Å². The second kappa shape index (κ2) is 6.81. The summed E-state index contributed by atoms with van der Waals surface area (Å²) in [4.78, 5) is 11.9. The van der Waals surface area contributed by atoms with Gasteiger partial charge in [-0.1, -0.05) is 28.1 Å². The molecule has 5 nitrogen and oxygen atoms in total. The molecule has 0 saturated carbocycles. The Balaban J connectivity index is 1.47. The molecule has 0 saturated heterocycles. The molecule has 0 bridgehead atoms. The van der Waals surface area contributed by atoms with Crippen LogP contribution < -0.4 is 20.1 Å². The van der Waals surface area contributed by atoms with Crippen molar-refractivity contribution in [1.82, 2.24) is 5.32 Å². The standard InChI is InChI=1S/C16H15BrN2O3/c17-12-2-1-3-13(7-12)19-16(20)9-18-8-11-4-5-14-15(6-11)22-10-21-14/h1-7,18H,8-10H2,(H,19,20). The van der Waals surface area contributed by atoms with Gasteiger partial charge in [0.2, 0.25) is 12.7 Å². The third kappa shape index (κ3) is 3.78. The van der Waals surface area contributed by atoms with Gasteiger partial charge in [-0.3, -0.25) is 4.79 Å². The number of hydrogen-bond acceptors (Lipinski definition) is 4. The Bertz CT molecular complexity index is 691. The molecular weight excluding hydrogens is 348 g/mol. The van der Waals surface area contributed by atoms with Gasteiger partial charge < -0.3 is 20.1 Å². The highest BCUT2D eigenvalue weighted by molar-refractivity contribution is 9.10. The van der Waals surface area contributed by atoms with Crippen LogP contribution in [-0.2, 0) is 11.3 Å². The van der Waals surface area contributed by atoms with Crippen LogP contribution in [0.15, 0.2) is 46.9 Å². The van der Waals surface area contributed by atoms with Crippen LogP contribution >= 0.6 is 15.9 Å².